The van der Waals surface area contributed by atoms with E-state index in [0.717, 1.165) is 0 Å². The van der Waals surface area contributed by atoms with Crippen LogP contribution in [0.4, 0.5) is 20.6 Å². The Morgan fingerprint density at radius 1 is 1.38 bits per heavy atom. The highest BCUT2D eigenvalue weighted by atomic mass is 32.1. The van der Waals surface area contributed by atoms with Gasteiger partial charge >= 0.3 is 6.09 Å². The quantitative estimate of drug-likeness (QED) is 0.726. The number of halogens is 1. The van der Waals surface area contributed by atoms with Crippen LogP contribution in [0.3, 0.4) is 0 Å². The fraction of sp³-hybridized carbons (Fsp3) is 0.474. The molecule has 1 N–H and O–H groups in total. The summed E-state index contributed by atoms with van der Waals surface area (Å²) in [7, 11) is 0. The van der Waals surface area contributed by atoms with E-state index in [1.807, 2.05) is 11.0 Å². The van der Waals surface area contributed by atoms with Gasteiger partial charge in [-0.1, -0.05) is 12.2 Å². The van der Waals surface area contributed by atoms with Crippen molar-refractivity contribution < 1.29 is 18.7 Å². The van der Waals surface area contributed by atoms with Crippen LogP contribution < -0.4 is 15.1 Å². The van der Waals surface area contributed by atoms with E-state index >= 15 is 0 Å². The Kier molecular flexibility index (Phi) is 6.49. The highest BCUT2D eigenvalue weighted by Crippen LogP contribution is 2.28. The van der Waals surface area contributed by atoms with Crippen molar-refractivity contribution in [1.29, 1.82) is 5.26 Å². The Balaban J connectivity index is 1.62. The van der Waals surface area contributed by atoms with Crippen molar-refractivity contribution >= 4 is 40.6 Å². The molecule has 0 radical (unpaired) electrons. The molecular formula is C19H22FN5O3S. The van der Waals surface area contributed by atoms with E-state index in [0.29, 0.717) is 55.6 Å². The summed E-state index contributed by atoms with van der Waals surface area (Å²) < 4.78 is 20.1. The maximum absolute atomic E-state index is 14.8. The van der Waals surface area contributed by atoms with Crippen LogP contribution in [0.25, 0.3) is 0 Å². The van der Waals surface area contributed by atoms with E-state index < -0.39 is 11.9 Å². The van der Waals surface area contributed by atoms with Gasteiger partial charge in [-0.3, -0.25) is 9.69 Å². The van der Waals surface area contributed by atoms with Crippen LogP contribution in [0.2, 0.25) is 0 Å². The molecule has 2 aliphatic heterocycles. The number of rotatable bonds is 5. The minimum absolute atomic E-state index is 0.143. The third kappa shape index (κ3) is 4.92. The first-order chi connectivity index (χ1) is 13.9. The zero-order chi connectivity index (χ0) is 21.0. The van der Waals surface area contributed by atoms with E-state index in [2.05, 4.69) is 5.32 Å². The number of nitrogens with one attached hydrogen (secondary N) is 1. The minimum atomic E-state index is -0.518. The van der Waals surface area contributed by atoms with Gasteiger partial charge in [0.05, 0.1) is 35.5 Å². The molecule has 1 atom stereocenters. The van der Waals surface area contributed by atoms with Crippen LogP contribution in [0, 0.1) is 17.1 Å². The van der Waals surface area contributed by atoms with Crippen LogP contribution in [-0.4, -0.2) is 67.3 Å². The highest BCUT2D eigenvalue weighted by molar-refractivity contribution is 7.80. The van der Waals surface area contributed by atoms with Crippen molar-refractivity contribution in [2.45, 2.75) is 19.4 Å². The third-order valence-corrected chi connectivity index (χ3v) is 5.04. The van der Waals surface area contributed by atoms with Crippen LogP contribution in [0.5, 0.6) is 0 Å². The molecule has 0 bridgehead atoms. The summed E-state index contributed by atoms with van der Waals surface area (Å²) in [5, 5.41) is 11.6. The predicted octanol–water partition coefficient (Wildman–Crippen LogP) is 1.65. The van der Waals surface area contributed by atoms with Crippen LogP contribution in [0.1, 0.15) is 13.3 Å². The van der Waals surface area contributed by atoms with Gasteiger partial charge in [-0.15, -0.1) is 0 Å². The number of benzene rings is 1. The van der Waals surface area contributed by atoms with Gasteiger partial charge in [-0.05, 0) is 25.1 Å². The normalized spacial score (nSPS) is 19.0. The van der Waals surface area contributed by atoms with Gasteiger partial charge < -0.3 is 19.9 Å². The Morgan fingerprint density at radius 3 is 2.72 bits per heavy atom. The lowest BCUT2D eigenvalue weighted by atomic mass is 10.2. The predicted molar refractivity (Wildman–Crippen MR) is 109 cm³/mol. The number of carbonyl (C=O) groups excluding carboxylic acids is 2. The SMILES string of the molecule is CC(=S)NCC1CN(c2ccc(N3CCN(C(=O)CC#N)CC3)c(F)c2)C(=O)O1. The van der Waals surface area contributed by atoms with E-state index in [9.17, 15) is 14.0 Å². The zero-order valence-electron chi connectivity index (χ0n) is 16.1. The molecule has 0 spiro atoms. The van der Waals surface area contributed by atoms with Crippen molar-refractivity contribution in [1.82, 2.24) is 10.2 Å². The Morgan fingerprint density at radius 2 is 2.10 bits per heavy atom. The van der Waals surface area contributed by atoms with Gasteiger partial charge in [0.15, 0.2) is 0 Å². The number of amides is 2. The molecule has 10 heteroatoms. The number of cyclic esters (lactones) is 1. The molecule has 8 nitrogen and oxygen atoms in total. The molecule has 1 aromatic carbocycles. The topological polar surface area (TPSA) is 88.9 Å². The van der Waals surface area contributed by atoms with E-state index in [-0.39, 0.29) is 18.4 Å². The number of hydrogen-bond acceptors (Lipinski definition) is 6. The monoisotopic (exact) mass is 419 g/mol. The summed E-state index contributed by atoms with van der Waals surface area (Å²) in [5.74, 6) is -0.646. The fourth-order valence-electron chi connectivity index (χ4n) is 3.39. The number of carbonyl (C=O) groups is 2. The Labute approximate surface area is 173 Å². The average molecular weight is 419 g/mol. The second-order valence-electron chi connectivity index (χ2n) is 6.89. The molecule has 154 valence electrons. The Bertz CT molecular complexity index is 851. The number of hydrogen-bond donors (Lipinski definition) is 1. The molecule has 2 fully saturated rings. The Hall–Kier alpha value is -2.93. The summed E-state index contributed by atoms with van der Waals surface area (Å²) in [6.45, 7) is 4.30. The summed E-state index contributed by atoms with van der Waals surface area (Å²) in [6, 6.07) is 6.50. The van der Waals surface area contributed by atoms with Crippen molar-refractivity contribution in [2.24, 2.45) is 0 Å². The molecule has 0 aliphatic carbocycles. The van der Waals surface area contributed by atoms with Gasteiger partial charge in [0, 0.05) is 26.2 Å². The number of piperazine rings is 1. The zero-order valence-corrected chi connectivity index (χ0v) is 16.9. The smallest absolute Gasteiger partial charge is 0.414 e. The molecular weight excluding hydrogens is 397 g/mol. The molecule has 1 unspecified atom stereocenters. The number of ether oxygens (including phenoxy) is 1. The number of anilines is 2. The van der Waals surface area contributed by atoms with E-state index in [4.69, 9.17) is 22.2 Å². The van der Waals surface area contributed by atoms with E-state index in [1.54, 1.807) is 24.0 Å². The van der Waals surface area contributed by atoms with Gasteiger partial charge in [0.1, 0.15) is 18.3 Å². The molecule has 0 aromatic heterocycles. The van der Waals surface area contributed by atoms with Gasteiger partial charge in [0.25, 0.3) is 0 Å². The molecule has 2 saturated heterocycles. The molecule has 0 saturated carbocycles. The fourth-order valence-corrected chi connectivity index (χ4v) is 3.48. The highest BCUT2D eigenvalue weighted by Gasteiger charge is 2.33. The first-order valence-electron chi connectivity index (χ1n) is 9.31. The average Bonchev–Trinajstić information content (AvgIpc) is 3.07. The lowest BCUT2D eigenvalue weighted by Crippen LogP contribution is -2.49. The second kappa shape index (κ2) is 9.05. The maximum Gasteiger partial charge on any atom is 0.414 e. The minimum Gasteiger partial charge on any atom is -0.442 e. The molecule has 3 rings (SSSR count). The van der Waals surface area contributed by atoms with Crippen LogP contribution in [-0.2, 0) is 9.53 Å². The molecule has 1 aromatic rings. The second-order valence-corrected chi connectivity index (χ2v) is 7.50. The van der Waals surface area contributed by atoms with Crippen LogP contribution in [0.15, 0.2) is 18.2 Å². The van der Waals surface area contributed by atoms with Gasteiger partial charge in [-0.25, -0.2) is 9.18 Å². The molecule has 2 aliphatic rings. The first kappa shape index (κ1) is 20.8. The lowest BCUT2D eigenvalue weighted by molar-refractivity contribution is -0.130. The van der Waals surface area contributed by atoms with Gasteiger partial charge in [0.2, 0.25) is 5.91 Å². The molecule has 2 amide bonds. The third-order valence-electron chi connectivity index (χ3n) is 4.90. The summed E-state index contributed by atoms with van der Waals surface area (Å²) in [4.78, 5) is 29.4. The lowest BCUT2D eigenvalue weighted by Gasteiger charge is -2.36. The molecule has 2 heterocycles. The van der Waals surface area contributed by atoms with E-state index in [1.165, 1.54) is 11.0 Å². The summed E-state index contributed by atoms with van der Waals surface area (Å²) in [5.41, 5.74) is 0.851. The largest absolute Gasteiger partial charge is 0.442 e. The molecule has 29 heavy (non-hydrogen) atoms. The van der Waals surface area contributed by atoms with Crippen molar-refractivity contribution in [3.63, 3.8) is 0 Å². The summed E-state index contributed by atoms with van der Waals surface area (Å²) in [6.07, 6.45) is -1.02. The summed E-state index contributed by atoms with van der Waals surface area (Å²) >= 11 is 4.96. The van der Waals surface area contributed by atoms with Crippen molar-refractivity contribution in [2.75, 3.05) is 49.1 Å². The first-order valence-corrected chi connectivity index (χ1v) is 9.71. The standard InChI is InChI=1S/C19H22FN5O3S/c1-13(29)22-11-15-12-25(19(27)28-15)14-2-3-17(16(20)10-14)23-6-8-24(9-7-23)18(26)4-5-21/h2-3,10,15H,4,6-9,11-12H2,1H3,(H,22,29). The maximum atomic E-state index is 14.8. The number of nitrogens with zero attached hydrogens (tertiary/aromatic N) is 4. The number of thiocarbonyl (C=S) groups is 1. The number of nitriles is 1. The van der Waals surface area contributed by atoms with Crippen molar-refractivity contribution in [3.05, 3.63) is 24.0 Å². The van der Waals surface area contributed by atoms with Crippen molar-refractivity contribution in [3.8, 4) is 6.07 Å². The van der Waals surface area contributed by atoms with Crippen LogP contribution >= 0.6 is 12.2 Å². The van der Waals surface area contributed by atoms with Gasteiger partial charge in [-0.2, -0.15) is 5.26 Å².